The van der Waals surface area contributed by atoms with Crippen molar-refractivity contribution in [3.63, 3.8) is 0 Å². The van der Waals surface area contributed by atoms with Gasteiger partial charge in [-0.2, -0.15) is 4.31 Å². The van der Waals surface area contributed by atoms with Crippen LogP contribution in [0.3, 0.4) is 0 Å². The number of fused-ring (bicyclic) bond motifs is 1. The summed E-state index contributed by atoms with van der Waals surface area (Å²) in [6, 6.07) is 12.1. The molecule has 2 aromatic carbocycles. The normalized spacial score (nSPS) is 16.2. The largest absolute Gasteiger partial charge is 0.454 e. The fourth-order valence-corrected chi connectivity index (χ4v) is 5.16. The van der Waals surface area contributed by atoms with Crippen molar-refractivity contribution in [1.29, 1.82) is 0 Å². The first kappa shape index (κ1) is 20.6. The Labute approximate surface area is 176 Å². The molecular weight excluding hydrogens is 406 g/mol. The Kier molecular flexibility index (Phi) is 5.94. The summed E-state index contributed by atoms with van der Waals surface area (Å²) in [6.45, 7) is 2.14. The quantitative estimate of drug-likeness (QED) is 0.724. The molecule has 8 nitrogen and oxygen atoms in total. The number of nitrogens with zero attached hydrogens (tertiary/aromatic N) is 2. The third-order valence-corrected chi connectivity index (χ3v) is 7.06. The molecule has 1 saturated heterocycles. The van der Waals surface area contributed by atoms with E-state index in [9.17, 15) is 13.2 Å². The lowest BCUT2D eigenvalue weighted by Crippen LogP contribution is -2.30. The van der Waals surface area contributed by atoms with E-state index in [1.54, 1.807) is 24.3 Å². The second kappa shape index (κ2) is 8.63. The molecule has 0 unspecified atom stereocenters. The number of nitrogens with one attached hydrogen (secondary N) is 1. The summed E-state index contributed by atoms with van der Waals surface area (Å²) < 4.78 is 37.3. The highest BCUT2D eigenvalue weighted by atomic mass is 32.2. The third-order valence-electron chi connectivity index (χ3n) is 5.14. The molecule has 2 aliphatic rings. The van der Waals surface area contributed by atoms with E-state index in [0.29, 0.717) is 31.1 Å². The predicted molar refractivity (Wildman–Crippen MR) is 112 cm³/mol. The van der Waals surface area contributed by atoms with Gasteiger partial charge in [0.1, 0.15) is 0 Å². The summed E-state index contributed by atoms with van der Waals surface area (Å²) in [6.07, 6.45) is 1.79. The Morgan fingerprint density at radius 3 is 2.50 bits per heavy atom. The molecule has 2 aliphatic heterocycles. The van der Waals surface area contributed by atoms with Crippen LogP contribution in [0.25, 0.3) is 0 Å². The van der Waals surface area contributed by atoms with Gasteiger partial charge in [-0.3, -0.25) is 9.69 Å². The van der Waals surface area contributed by atoms with Crippen LogP contribution in [0, 0.1) is 0 Å². The van der Waals surface area contributed by atoms with E-state index in [1.807, 2.05) is 30.1 Å². The lowest BCUT2D eigenvalue weighted by atomic mass is 10.2. The topological polar surface area (TPSA) is 88.2 Å². The van der Waals surface area contributed by atoms with Crippen molar-refractivity contribution < 1.29 is 22.7 Å². The molecule has 2 aromatic rings. The smallest absolute Gasteiger partial charge is 0.243 e. The van der Waals surface area contributed by atoms with Crippen molar-refractivity contribution >= 4 is 21.6 Å². The van der Waals surface area contributed by atoms with Gasteiger partial charge in [0.05, 0.1) is 11.4 Å². The number of likely N-dealkylation sites (N-methyl/N-ethyl adjacent to an activating group) is 1. The van der Waals surface area contributed by atoms with E-state index in [-0.39, 0.29) is 24.1 Å². The second-order valence-corrected chi connectivity index (χ2v) is 9.48. The van der Waals surface area contributed by atoms with Crippen molar-refractivity contribution in [3.05, 3.63) is 48.0 Å². The fourth-order valence-electron chi connectivity index (χ4n) is 3.64. The van der Waals surface area contributed by atoms with Crippen LogP contribution in [0.4, 0.5) is 5.69 Å². The van der Waals surface area contributed by atoms with E-state index in [1.165, 1.54) is 4.31 Å². The molecule has 0 atom stereocenters. The van der Waals surface area contributed by atoms with E-state index >= 15 is 0 Å². The van der Waals surface area contributed by atoms with Crippen LogP contribution in [0.5, 0.6) is 11.5 Å². The Hall–Kier alpha value is -2.62. The standard InChI is InChI=1S/C21H25N3O5S/c1-23(13-16-4-9-19-20(12-16)29-15-28-19)14-21(25)22-17-5-7-18(8-6-17)30(26,27)24-10-2-3-11-24/h4-9,12H,2-3,10-11,13-15H2,1H3,(H,22,25). The van der Waals surface area contributed by atoms with E-state index in [2.05, 4.69) is 5.32 Å². The van der Waals surface area contributed by atoms with E-state index in [0.717, 1.165) is 24.2 Å². The van der Waals surface area contributed by atoms with Crippen LogP contribution in [-0.4, -0.2) is 57.0 Å². The van der Waals surface area contributed by atoms with Gasteiger partial charge in [0.2, 0.25) is 22.7 Å². The van der Waals surface area contributed by atoms with Crippen LogP contribution in [0.2, 0.25) is 0 Å². The van der Waals surface area contributed by atoms with Gasteiger partial charge in [-0.25, -0.2) is 8.42 Å². The Bertz CT molecular complexity index is 1020. The zero-order valence-corrected chi connectivity index (χ0v) is 17.7. The van der Waals surface area contributed by atoms with Crippen molar-refractivity contribution in [2.24, 2.45) is 0 Å². The molecular formula is C21H25N3O5S. The van der Waals surface area contributed by atoms with E-state index in [4.69, 9.17) is 9.47 Å². The minimum atomic E-state index is -3.45. The summed E-state index contributed by atoms with van der Waals surface area (Å²) in [5.41, 5.74) is 1.59. The summed E-state index contributed by atoms with van der Waals surface area (Å²) >= 11 is 0. The van der Waals surface area contributed by atoms with Crippen LogP contribution in [0.1, 0.15) is 18.4 Å². The molecule has 0 spiro atoms. The lowest BCUT2D eigenvalue weighted by Gasteiger charge is -2.17. The fraction of sp³-hybridized carbons (Fsp3) is 0.381. The monoisotopic (exact) mass is 431 g/mol. The molecule has 1 N–H and O–H groups in total. The summed E-state index contributed by atoms with van der Waals surface area (Å²) in [4.78, 5) is 14.5. The molecule has 1 fully saturated rings. The highest BCUT2D eigenvalue weighted by Gasteiger charge is 2.27. The van der Waals surface area contributed by atoms with Gasteiger partial charge < -0.3 is 14.8 Å². The van der Waals surface area contributed by atoms with Gasteiger partial charge >= 0.3 is 0 Å². The average molecular weight is 432 g/mol. The Balaban J connectivity index is 1.31. The van der Waals surface area contributed by atoms with Gasteiger partial charge in [0, 0.05) is 25.3 Å². The molecule has 2 heterocycles. The molecule has 0 bridgehead atoms. The van der Waals surface area contributed by atoms with Crippen LogP contribution >= 0.6 is 0 Å². The molecule has 1 amide bonds. The van der Waals surface area contributed by atoms with Crippen molar-refractivity contribution in [1.82, 2.24) is 9.21 Å². The summed E-state index contributed by atoms with van der Waals surface area (Å²) in [5, 5.41) is 2.81. The SMILES string of the molecule is CN(CC(=O)Nc1ccc(S(=O)(=O)N2CCCC2)cc1)Cc1ccc2c(c1)OCO2. The molecule has 30 heavy (non-hydrogen) atoms. The highest BCUT2D eigenvalue weighted by Crippen LogP contribution is 2.32. The zero-order valence-electron chi connectivity index (χ0n) is 16.8. The Morgan fingerprint density at radius 1 is 1.07 bits per heavy atom. The van der Waals surface area contributed by atoms with Gasteiger partial charge in [-0.15, -0.1) is 0 Å². The van der Waals surface area contributed by atoms with Crippen molar-refractivity contribution in [2.75, 3.05) is 38.8 Å². The number of benzene rings is 2. The highest BCUT2D eigenvalue weighted by molar-refractivity contribution is 7.89. The number of sulfonamides is 1. The summed E-state index contributed by atoms with van der Waals surface area (Å²) in [7, 11) is -1.59. The maximum atomic E-state index is 12.6. The van der Waals surface area contributed by atoms with Crippen LogP contribution in [-0.2, 0) is 21.4 Å². The molecule has 0 radical (unpaired) electrons. The van der Waals surface area contributed by atoms with Gasteiger partial charge in [-0.1, -0.05) is 6.07 Å². The minimum Gasteiger partial charge on any atom is -0.454 e. The Morgan fingerprint density at radius 2 is 1.77 bits per heavy atom. The number of amides is 1. The van der Waals surface area contributed by atoms with Gasteiger partial charge in [0.25, 0.3) is 0 Å². The summed E-state index contributed by atoms with van der Waals surface area (Å²) in [5.74, 6) is 1.28. The first-order valence-corrected chi connectivity index (χ1v) is 11.3. The number of rotatable bonds is 7. The van der Waals surface area contributed by atoms with Crippen LogP contribution < -0.4 is 14.8 Å². The minimum absolute atomic E-state index is 0.173. The second-order valence-electron chi connectivity index (χ2n) is 7.54. The molecule has 0 aromatic heterocycles. The lowest BCUT2D eigenvalue weighted by molar-refractivity contribution is -0.117. The maximum Gasteiger partial charge on any atom is 0.243 e. The first-order chi connectivity index (χ1) is 14.4. The zero-order chi connectivity index (χ0) is 21.1. The molecule has 4 rings (SSSR count). The van der Waals surface area contributed by atoms with E-state index < -0.39 is 10.0 Å². The van der Waals surface area contributed by atoms with Gasteiger partial charge in [-0.05, 0) is 61.9 Å². The third kappa shape index (κ3) is 4.58. The number of carbonyl (C=O) groups is 1. The van der Waals surface area contributed by atoms with Crippen LogP contribution in [0.15, 0.2) is 47.4 Å². The first-order valence-electron chi connectivity index (χ1n) is 9.89. The van der Waals surface area contributed by atoms with Crippen molar-refractivity contribution in [2.45, 2.75) is 24.3 Å². The number of anilines is 1. The number of hydrogen-bond donors (Lipinski definition) is 1. The maximum absolute atomic E-state index is 12.6. The number of hydrogen-bond acceptors (Lipinski definition) is 6. The van der Waals surface area contributed by atoms with Gasteiger partial charge in [0.15, 0.2) is 11.5 Å². The molecule has 160 valence electrons. The number of ether oxygens (including phenoxy) is 2. The molecule has 0 saturated carbocycles. The average Bonchev–Trinajstić information content (AvgIpc) is 3.40. The molecule has 9 heteroatoms. The number of carbonyl (C=O) groups excluding carboxylic acids is 1. The molecule has 0 aliphatic carbocycles. The predicted octanol–water partition coefficient (Wildman–Crippen LogP) is 2.27. The van der Waals surface area contributed by atoms with Crippen molar-refractivity contribution in [3.8, 4) is 11.5 Å².